The molecule has 2 fully saturated rings. The average Bonchev–Trinajstić information content (AvgIpc) is 3.10. The number of hydrogen-bond donors (Lipinski definition) is 1. The summed E-state index contributed by atoms with van der Waals surface area (Å²) in [6.45, 7) is 4.53. The van der Waals surface area contributed by atoms with Crippen LogP contribution in [0.1, 0.15) is 48.8 Å². The van der Waals surface area contributed by atoms with Gasteiger partial charge in [0.25, 0.3) is 0 Å². The van der Waals surface area contributed by atoms with E-state index in [-0.39, 0.29) is 0 Å². The lowest BCUT2D eigenvalue weighted by Crippen LogP contribution is -2.32. The van der Waals surface area contributed by atoms with Crippen molar-refractivity contribution in [3.63, 3.8) is 0 Å². The molecule has 3 aliphatic rings. The number of nitrogens with zero attached hydrogens (tertiary/aromatic N) is 3. The van der Waals surface area contributed by atoms with Gasteiger partial charge in [0.1, 0.15) is 5.82 Å². The SMILES string of the molecule is CN1CCCC1Cn1c(C2CC2)nc2c1CCNC2. The fourth-order valence-electron chi connectivity index (χ4n) is 3.67. The number of nitrogens with one attached hydrogen (secondary N) is 1. The Labute approximate surface area is 115 Å². The molecular weight excluding hydrogens is 236 g/mol. The summed E-state index contributed by atoms with van der Waals surface area (Å²) in [5.74, 6) is 2.16. The molecule has 4 heteroatoms. The number of likely N-dealkylation sites (N-methyl/N-ethyl adjacent to an activating group) is 1. The van der Waals surface area contributed by atoms with Gasteiger partial charge in [0, 0.05) is 43.7 Å². The molecule has 1 saturated heterocycles. The van der Waals surface area contributed by atoms with Crippen LogP contribution in [0.2, 0.25) is 0 Å². The summed E-state index contributed by atoms with van der Waals surface area (Å²) >= 11 is 0. The Morgan fingerprint density at radius 3 is 2.95 bits per heavy atom. The van der Waals surface area contributed by atoms with Crippen LogP contribution in [0, 0.1) is 0 Å². The molecule has 1 N–H and O–H groups in total. The predicted molar refractivity (Wildman–Crippen MR) is 75.3 cm³/mol. The van der Waals surface area contributed by atoms with E-state index >= 15 is 0 Å². The van der Waals surface area contributed by atoms with Crippen LogP contribution < -0.4 is 5.32 Å². The third-order valence-corrected chi connectivity index (χ3v) is 5.02. The summed E-state index contributed by atoms with van der Waals surface area (Å²) in [5, 5.41) is 3.46. The summed E-state index contributed by atoms with van der Waals surface area (Å²) < 4.78 is 2.60. The highest BCUT2D eigenvalue weighted by atomic mass is 15.2. The maximum absolute atomic E-state index is 4.96. The smallest absolute Gasteiger partial charge is 0.112 e. The van der Waals surface area contributed by atoms with Gasteiger partial charge in [0.05, 0.1) is 5.69 Å². The molecule has 1 aromatic rings. The highest BCUT2D eigenvalue weighted by molar-refractivity contribution is 5.24. The molecule has 1 aromatic heterocycles. The van der Waals surface area contributed by atoms with Crippen molar-refractivity contribution in [3.05, 3.63) is 17.2 Å². The van der Waals surface area contributed by atoms with E-state index in [0.717, 1.165) is 31.5 Å². The monoisotopic (exact) mass is 260 g/mol. The van der Waals surface area contributed by atoms with E-state index in [1.54, 1.807) is 0 Å². The van der Waals surface area contributed by atoms with E-state index in [1.165, 1.54) is 56.0 Å². The number of aromatic nitrogens is 2. The molecule has 104 valence electrons. The van der Waals surface area contributed by atoms with E-state index in [9.17, 15) is 0 Å². The Morgan fingerprint density at radius 1 is 1.32 bits per heavy atom. The van der Waals surface area contributed by atoms with Gasteiger partial charge in [0.15, 0.2) is 0 Å². The van der Waals surface area contributed by atoms with Crippen LogP contribution in [0.3, 0.4) is 0 Å². The first-order valence-corrected chi connectivity index (χ1v) is 7.82. The summed E-state index contributed by atoms with van der Waals surface area (Å²) in [6, 6.07) is 0.727. The van der Waals surface area contributed by atoms with Crippen molar-refractivity contribution in [1.82, 2.24) is 19.8 Å². The van der Waals surface area contributed by atoms with Gasteiger partial charge in [-0.15, -0.1) is 0 Å². The molecule has 0 radical (unpaired) electrons. The maximum atomic E-state index is 4.96. The van der Waals surface area contributed by atoms with Crippen LogP contribution in [-0.2, 0) is 19.5 Å². The number of hydrogen-bond acceptors (Lipinski definition) is 3. The Balaban J connectivity index is 1.66. The van der Waals surface area contributed by atoms with Crippen LogP contribution in [0.25, 0.3) is 0 Å². The van der Waals surface area contributed by atoms with E-state index < -0.39 is 0 Å². The third kappa shape index (κ3) is 2.11. The molecule has 4 rings (SSSR count). The van der Waals surface area contributed by atoms with Crippen molar-refractivity contribution in [2.75, 3.05) is 20.1 Å². The molecule has 0 aromatic carbocycles. The maximum Gasteiger partial charge on any atom is 0.112 e. The first-order chi connectivity index (χ1) is 9.33. The Bertz CT molecular complexity index is 475. The lowest BCUT2D eigenvalue weighted by atomic mass is 10.1. The van der Waals surface area contributed by atoms with Gasteiger partial charge in [-0.1, -0.05) is 0 Å². The summed E-state index contributed by atoms with van der Waals surface area (Å²) in [5.41, 5.74) is 2.86. The largest absolute Gasteiger partial charge is 0.330 e. The Hall–Kier alpha value is -0.870. The van der Waals surface area contributed by atoms with Gasteiger partial charge < -0.3 is 14.8 Å². The van der Waals surface area contributed by atoms with Gasteiger partial charge >= 0.3 is 0 Å². The zero-order valence-corrected chi connectivity index (χ0v) is 11.9. The molecule has 1 atom stereocenters. The fourth-order valence-corrected chi connectivity index (χ4v) is 3.67. The van der Waals surface area contributed by atoms with E-state index in [1.807, 2.05) is 0 Å². The molecule has 1 aliphatic carbocycles. The summed E-state index contributed by atoms with van der Waals surface area (Å²) in [7, 11) is 2.28. The molecule has 19 heavy (non-hydrogen) atoms. The molecule has 1 unspecified atom stereocenters. The van der Waals surface area contributed by atoms with Crippen molar-refractivity contribution in [1.29, 1.82) is 0 Å². The van der Waals surface area contributed by atoms with Crippen molar-refractivity contribution in [3.8, 4) is 0 Å². The number of rotatable bonds is 3. The minimum atomic E-state index is 0.727. The first-order valence-electron chi connectivity index (χ1n) is 7.82. The topological polar surface area (TPSA) is 33.1 Å². The number of fused-ring (bicyclic) bond motifs is 1. The third-order valence-electron chi connectivity index (χ3n) is 5.02. The van der Waals surface area contributed by atoms with Crippen molar-refractivity contribution in [2.24, 2.45) is 0 Å². The second-order valence-corrected chi connectivity index (χ2v) is 6.45. The van der Waals surface area contributed by atoms with Crippen LogP contribution in [0.5, 0.6) is 0 Å². The molecule has 4 nitrogen and oxygen atoms in total. The average molecular weight is 260 g/mol. The number of imidazole rings is 1. The van der Waals surface area contributed by atoms with Crippen LogP contribution in [-0.4, -0.2) is 40.6 Å². The molecular formula is C15H24N4. The second-order valence-electron chi connectivity index (χ2n) is 6.45. The molecule has 3 heterocycles. The fraction of sp³-hybridized carbons (Fsp3) is 0.800. The van der Waals surface area contributed by atoms with Crippen molar-refractivity contribution >= 4 is 0 Å². The molecule has 0 amide bonds. The van der Waals surface area contributed by atoms with Gasteiger partial charge in [-0.25, -0.2) is 4.98 Å². The Kier molecular flexibility index (Phi) is 2.88. The summed E-state index contributed by atoms with van der Waals surface area (Å²) in [4.78, 5) is 7.49. The lowest BCUT2D eigenvalue weighted by molar-refractivity contribution is 0.277. The quantitative estimate of drug-likeness (QED) is 0.894. The van der Waals surface area contributed by atoms with E-state index in [0.29, 0.717) is 0 Å². The number of likely N-dealkylation sites (tertiary alicyclic amines) is 1. The normalized spacial score (nSPS) is 27.7. The summed E-state index contributed by atoms with van der Waals surface area (Å²) in [6.07, 6.45) is 6.57. The minimum absolute atomic E-state index is 0.727. The zero-order valence-electron chi connectivity index (χ0n) is 11.9. The molecule has 1 saturated carbocycles. The van der Waals surface area contributed by atoms with Crippen molar-refractivity contribution < 1.29 is 0 Å². The van der Waals surface area contributed by atoms with Gasteiger partial charge in [-0.05, 0) is 39.3 Å². The van der Waals surface area contributed by atoms with Crippen molar-refractivity contribution in [2.45, 2.75) is 57.2 Å². The standard InChI is InChI=1S/C15H24N4/c1-18-8-2-3-12(18)10-19-14-6-7-16-9-13(14)17-15(19)11-4-5-11/h11-12,16H,2-10H2,1H3. The Morgan fingerprint density at radius 2 is 2.21 bits per heavy atom. The van der Waals surface area contributed by atoms with Crippen LogP contribution in [0.4, 0.5) is 0 Å². The molecule has 0 spiro atoms. The van der Waals surface area contributed by atoms with Gasteiger partial charge in [-0.2, -0.15) is 0 Å². The molecule has 0 bridgehead atoms. The highest BCUT2D eigenvalue weighted by Crippen LogP contribution is 2.41. The van der Waals surface area contributed by atoms with Crippen LogP contribution in [0.15, 0.2) is 0 Å². The van der Waals surface area contributed by atoms with Gasteiger partial charge in [0.2, 0.25) is 0 Å². The molecule has 2 aliphatic heterocycles. The van der Waals surface area contributed by atoms with Gasteiger partial charge in [-0.3, -0.25) is 0 Å². The second kappa shape index (κ2) is 4.60. The zero-order chi connectivity index (χ0) is 12.8. The highest BCUT2D eigenvalue weighted by Gasteiger charge is 2.33. The lowest BCUT2D eigenvalue weighted by Gasteiger charge is -2.23. The minimum Gasteiger partial charge on any atom is -0.330 e. The van der Waals surface area contributed by atoms with E-state index in [2.05, 4.69) is 21.8 Å². The first kappa shape index (κ1) is 11.9. The van der Waals surface area contributed by atoms with E-state index in [4.69, 9.17) is 4.98 Å². The predicted octanol–water partition coefficient (Wildman–Crippen LogP) is 1.50. The van der Waals surface area contributed by atoms with Crippen LogP contribution >= 0.6 is 0 Å².